The Labute approximate surface area is 56.1 Å². The molecule has 1 unspecified atom stereocenters. The summed E-state index contributed by atoms with van der Waals surface area (Å²) in [7, 11) is 0. The first kappa shape index (κ1) is 8.50. The van der Waals surface area contributed by atoms with E-state index in [0.717, 1.165) is 6.42 Å². The normalized spacial score (nSPS) is 14.1. The maximum atomic E-state index is 8.81. The number of rotatable bonds is 4. The second kappa shape index (κ2) is 5.63. The van der Waals surface area contributed by atoms with Crippen LogP contribution in [0, 0.1) is 0 Å². The van der Waals surface area contributed by atoms with Gasteiger partial charge in [-0.25, -0.2) is 0 Å². The van der Waals surface area contributed by atoms with Crippen molar-refractivity contribution in [2.75, 3.05) is 0 Å². The molecular weight excluding hydrogens is 116 g/mol. The predicted octanol–water partition coefficient (Wildman–Crippen LogP) is 1.66. The Morgan fingerprint density at radius 2 is 2.22 bits per heavy atom. The summed E-state index contributed by atoms with van der Waals surface area (Å²) in [5.41, 5.74) is 0. The highest BCUT2D eigenvalue weighted by molar-refractivity contribution is 4.70. The lowest BCUT2D eigenvalue weighted by atomic mass is 10.5. The van der Waals surface area contributed by atoms with Crippen LogP contribution in [0.15, 0.2) is 12.3 Å². The van der Waals surface area contributed by atoms with Gasteiger partial charge in [-0.05, 0) is 12.5 Å². The summed E-state index contributed by atoms with van der Waals surface area (Å²) in [6.07, 6.45) is 4.34. The van der Waals surface area contributed by atoms with Crippen molar-refractivity contribution in [1.29, 1.82) is 0 Å². The average Bonchev–Trinajstić information content (AvgIpc) is 1.89. The molecule has 0 fully saturated rings. The summed E-state index contributed by atoms with van der Waals surface area (Å²) in [5, 5.41) is 8.81. The van der Waals surface area contributed by atoms with Gasteiger partial charge in [-0.15, -0.1) is 0 Å². The van der Waals surface area contributed by atoms with Crippen LogP contribution < -0.4 is 0 Å². The molecule has 2 nitrogen and oxygen atoms in total. The molecule has 2 heteroatoms. The van der Waals surface area contributed by atoms with Crippen molar-refractivity contribution in [3.05, 3.63) is 12.3 Å². The molecule has 0 aromatic carbocycles. The minimum absolute atomic E-state index is 0.632. The number of ether oxygens (including phenoxy) is 1. The van der Waals surface area contributed by atoms with Gasteiger partial charge in [-0.1, -0.05) is 13.8 Å². The van der Waals surface area contributed by atoms with Crippen molar-refractivity contribution >= 4 is 0 Å². The highest BCUT2D eigenvalue weighted by atomic mass is 16.6. The summed E-state index contributed by atoms with van der Waals surface area (Å²) >= 11 is 0. The minimum Gasteiger partial charge on any atom is -0.473 e. The van der Waals surface area contributed by atoms with Gasteiger partial charge in [0.15, 0.2) is 6.29 Å². The van der Waals surface area contributed by atoms with Crippen LogP contribution in [0.4, 0.5) is 0 Å². The summed E-state index contributed by atoms with van der Waals surface area (Å²) in [5.74, 6) is 0. The van der Waals surface area contributed by atoms with Crippen LogP contribution in [0.25, 0.3) is 0 Å². The van der Waals surface area contributed by atoms with E-state index in [4.69, 9.17) is 9.84 Å². The molecule has 0 aliphatic rings. The highest BCUT2D eigenvalue weighted by Gasteiger charge is 1.93. The zero-order valence-corrected chi connectivity index (χ0v) is 6.00. The van der Waals surface area contributed by atoms with Crippen molar-refractivity contribution < 1.29 is 9.84 Å². The molecule has 0 bridgehead atoms. The van der Waals surface area contributed by atoms with E-state index in [9.17, 15) is 0 Å². The van der Waals surface area contributed by atoms with Gasteiger partial charge in [0.25, 0.3) is 0 Å². The Kier molecular flexibility index (Phi) is 5.32. The fourth-order valence-electron chi connectivity index (χ4n) is 0.339. The number of aliphatic hydroxyl groups excluding tert-OH is 1. The van der Waals surface area contributed by atoms with Gasteiger partial charge in [0.1, 0.15) is 0 Å². The molecule has 9 heavy (non-hydrogen) atoms. The van der Waals surface area contributed by atoms with Gasteiger partial charge in [-0.3, -0.25) is 0 Å². The van der Waals surface area contributed by atoms with Gasteiger partial charge < -0.3 is 9.84 Å². The summed E-state index contributed by atoms with van der Waals surface area (Å²) in [6, 6.07) is 0. The van der Waals surface area contributed by atoms with Crippen LogP contribution in [0.2, 0.25) is 0 Å². The fourth-order valence-corrected chi connectivity index (χ4v) is 0.339. The lowest BCUT2D eigenvalue weighted by Crippen LogP contribution is -2.04. The van der Waals surface area contributed by atoms with Crippen molar-refractivity contribution in [1.82, 2.24) is 0 Å². The van der Waals surface area contributed by atoms with Crippen molar-refractivity contribution in [3.63, 3.8) is 0 Å². The van der Waals surface area contributed by atoms with E-state index in [1.807, 2.05) is 19.9 Å². The third kappa shape index (κ3) is 5.37. The molecule has 1 N–H and O–H groups in total. The Bertz CT molecular complexity index is 79.0. The van der Waals surface area contributed by atoms with E-state index in [2.05, 4.69) is 0 Å². The predicted molar refractivity (Wildman–Crippen MR) is 36.8 cm³/mol. The first-order valence-electron chi connectivity index (χ1n) is 3.29. The summed E-state index contributed by atoms with van der Waals surface area (Å²) in [4.78, 5) is 0. The molecule has 0 aliphatic heterocycles. The Morgan fingerprint density at radius 1 is 1.56 bits per heavy atom. The molecule has 0 saturated carbocycles. The molecule has 0 aromatic heterocycles. The minimum atomic E-state index is -0.632. The molecule has 0 heterocycles. The molecule has 0 saturated heterocycles. The number of hydrogen-bond donors (Lipinski definition) is 1. The quantitative estimate of drug-likeness (QED) is 0.463. The Morgan fingerprint density at radius 3 is 2.67 bits per heavy atom. The van der Waals surface area contributed by atoms with E-state index < -0.39 is 6.29 Å². The summed E-state index contributed by atoms with van der Waals surface area (Å²) in [6.45, 7) is 3.88. The van der Waals surface area contributed by atoms with Crippen LogP contribution in [-0.4, -0.2) is 11.4 Å². The van der Waals surface area contributed by atoms with Crippen molar-refractivity contribution in [2.45, 2.75) is 33.0 Å². The van der Waals surface area contributed by atoms with Gasteiger partial charge in [0, 0.05) is 6.42 Å². The zero-order chi connectivity index (χ0) is 7.11. The molecule has 0 aliphatic carbocycles. The largest absolute Gasteiger partial charge is 0.473 e. The van der Waals surface area contributed by atoms with Crippen molar-refractivity contribution in [2.24, 2.45) is 0 Å². The molecular formula is C7H14O2. The van der Waals surface area contributed by atoms with Crippen LogP contribution in [0.5, 0.6) is 0 Å². The second-order valence-electron chi connectivity index (χ2n) is 1.78. The Hall–Kier alpha value is -0.500. The van der Waals surface area contributed by atoms with E-state index >= 15 is 0 Å². The van der Waals surface area contributed by atoms with Crippen LogP contribution in [-0.2, 0) is 4.74 Å². The lowest BCUT2D eigenvalue weighted by Gasteiger charge is -2.04. The molecule has 1 atom stereocenters. The van der Waals surface area contributed by atoms with Gasteiger partial charge in [-0.2, -0.15) is 0 Å². The maximum absolute atomic E-state index is 8.81. The monoisotopic (exact) mass is 130 g/mol. The standard InChI is InChI=1S/C7H14O2/c1-3-5-6-9-7(8)4-2/h5-8H,3-4H2,1-2H3. The molecule has 0 spiro atoms. The average molecular weight is 130 g/mol. The van der Waals surface area contributed by atoms with Gasteiger partial charge in [0.05, 0.1) is 6.26 Å². The maximum Gasteiger partial charge on any atom is 0.196 e. The van der Waals surface area contributed by atoms with E-state index in [1.54, 1.807) is 0 Å². The topological polar surface area (TPSA) is 29.5 Å². The lowest BCUT2D eigenvalue weighted by molar-refractivity contribution is -0.0527. The number of hydrogen-bond acceptors (Lipinski definition) is 2. The first-order valence-corrected chi connectivity index (χ1v) is 3.29. The first-order chi connectivity index (χ1) is 4.31. The third-order valence-electron chi connectivity index (χ3n) is 0.917. The smallest absolute Gasteiger partial charge is 0.196 e. The van der Waals surface area contributed by atoms with E-state index in [0.29, 0.717) is 6.42 Å². The zero-order valence-electron chi connectivity index (χ0n) is 6.00. The van der Waals surface area contributed by atoms with E-state index in [-0.39, 0.29) is 0 Å². The fraction of sp³-hybridized carbons (Fsp3) is 0.714. The molecule has 54 valence electrons. The molecule has 0 amide bonds. The molecule has 0 rings (SSSR count). The molecule has 0 radical (unpaired) electrons. The highest BCUT2D eigenvalue weighted by Crippen LogP contribution is 1.93. The van der Waals surface area contributed by atoms with E-state index in [1.165, 1.54) is 6.26 Å². The number of allylic oxidation sites excluding steroid dienone is 1. The summed E-state index contributed by atoms with van der Waals surface area (Å²) < 4.78 is 4.81. The van der Waals surface area contributed by atoms with Crippen LogP contribution in [0.1, 0.15) is 26.7 Å². The number of aliphatic hydroxyl groups is 1. The second-order valence-corrected chi connectivity index (χ2v) is 1.78. The third-order valence-corrected chi connectivity index (χ3v) is 0.917. The van der Waals surface area contributed by atoms with Crippen LogP contribution in [0.3, 0.4) is 0 Å². The SMILES string of the molecule is CCC=COC(O)CC. The van der Waals surface area contributed by atoms with Crippen LogP contribution >= 0.6 is 0 Å². The van der Waals surface area contributed by atoms with Gasteiger partial charge >= 0.3 is 0 Å². The van der Waals surface area contributed by atoms with Crippen molar-refractivity contribution in [3.8, 4) is 0 Å². The Balaban J connectivity index is 3.15. The molecule has 0 aromatic rings. The van der Waals surface area contributed by atoms with Gasteiger partial charge in [0.2, 0.25) is 0 Å².